The summed E-state index contributed by atoms with van der Waals surface area (Å²) >= 11 is 0. The van der Waals surface area contributed by atoms with Crippen molar-refractivity contribution >= 4 is 23.3 Å². The van der Waals surface area contributed by atoms with Gasteiger partial charge in [0.2, 0.25) is 0 Å². The first-order chi connectivity index (χ1) is 17.2. The number of aliphatic hydroxyl groups is 1. The number of Topliss-reactive ketones (excluding diaryl/α,β-unsaturated/α-hetero) is 1. The van der Waals surface area contributed by atoms with E-state index in [-0.39, 0.29) is 17.0 Å². The number of aromatic nitrogens is 1. The molecule has 2 heterocycles. The molecule has 0 saturated carbocycles. The van der Waals surface area contributed by atoms with Gasteiger partial charge in [-0.25, -0.2) is 4.39 Å². The molecule has 36 heavy (non-hydrogen) atoms. The van der Waals surface area contributed by atoms with E-state index in [1.165, 1.54) is 30.2 Å². The molecule has 0 radical (unpaired) electrons. The van der Waals surface area contributed by atoms with Crippen LogP contribution in [0.3, 0.4) is 0 Å². The van der Waals surface area contributed by atoms with E-state index in [2.05, 4.69) is 19.0 Å². The van der Waals surface area contributed by atoms with Gasteiger partial charge >= 0.3 is 5.91 Å². The Morgan fingerprint density at radius 1 is 1.14 bits per heavy atom. The lowest BCUT2D eigenvalue weighted by Crippen LogP contribution is -2.29. The van der Waals surface area contributed by atoms with Gasteiger partial charge < -0.3 is 19.1 Å². The number of rotatable bonds is 8. The zero-order chi connectivity index (χ0) is 26.0. The minimum atomic E-state index is -1.04. The van der Waals surface area contributed by atoms with Gasteiger partial charge in [0.15, 0.2) is 17.3 Å². The number of anilines is 1. The fraction of sp³-hybridized carbons (Fsp3) is 0.296. The van der Waals surface area contributed by atoms with Crippen molar-refractivity contribution in [2.75, 3.05) is 18.6 Å². The molecule has 1 unspecified atom stereocenters. The van der Waals surface area contributed by atoms with Crippen LogP contribution in [-0.4, -0.2) is 35.7 Å². The Morgan fingerprint density at radius 3 is 2.47 bits per heavy atom. The Hall–Kier alpha value is -4.14. The Bertz CT molecular complexity index is 1310. The Balaban J connectivity index is 1.84. The summed E-state index contributed by atoms with van der Waals surface area (Å²) in [7, 11) is 1.49. The summed E-state index contributed by atoms with van der Waals surface area (Å²) in [4.78, 5) is 27.5. The van der Waals surface area contributed by atoms with Gasteiger partial charge in [-0.15, -0.1) is 0 Å². The average molecular weight is 495 g/mol. The highest BCUT2D eigenvalue weighted by molar-refractivity contribution is 6.51. The molecule has 0 bridgehead atoms. The van der Waals surface area contributed by atoms with E-state index in [0.717, 1.165) is 18.6 Å². The summed E-state index contributed by atoms with van der Waals surface area (Å²) in [6.07, 6.45) is 0.855. The van der Waals surface area contributed by atoms with E-state index < -0.39 is 29.3 Å². The smallest absolute Gasteiger partial charge is 0.301 e. The molecular weight excluding hydrogens is 467 g/mol. The number of carbonyl (C=O) groups excluding carboxylic acids is 2. The van der Waals surface area contributed by atoms with Gasteiger partial charge in [0.25, 0.3) is 5.78 Å². The second-order valence-corrected chi connectivity index (χ2v) is 8.91. The predicted molar refractivity (Wildman–Crippen MR) is 130 cm³/mol. The molecule has 1 aromatic heterocycles. The number of ether oxygens (including phenoxy) is 2. The van der Waals surface area contributed by atoms with Crippen molar-refractivity contribution in [1.82, 2.24) is 5.16 Å². The maximum Gasteiger partial charge on any atom is 0.301 e. The summed E-state index contributed by atoms with van der Waals surface area (Å²) in [5, 5.41) is 15.0. The number of nitrogens with zero attached hydrogens (tertiary/aromatic N) is 2. The van der Waals surface area contributed by atoms with Crippen molar-refractivity contribution in [2.45, 2.75) is 33.2 Å². The number of carbonyl (C=O) groups is 2. The Morgan fingerprint density at radius 2 is 1.86 bits per heavy atom. The molecule has 1 atom stereocenters. The van der Waals surface area contributed by atoms with Gasteiger partial charge in [-0.3, -0.25) is 14.5 Å². The maximum atomic E-state index is 13.5. The van der Waals surface area contributed by atoms with Crippen LogP contribution in [-0.2, 0) is 9.59 Å². The number of aliphatic hydroxyl groups excluding tert-OH is 1. The molecule has 1 saturated heterocycles. The Labute approximate surface area is 207 Å². The second kappa shape index (κ2) is 10.2. The van der Waals surface area contributed by atoms with Crippen LogP contribution in [0.15, 0.2) is 58.6 Å². The van der Waals surface area contributed by atoms with Crippen LogP contribution in [0.1, 0.15) is 43.2 Å². The zero-order valence-corrected chi connectivity index (χ0v) is 20.4. The zero-order valence-electron chi connectivity index (χ0n) is 20.4. The highest BCUT2D eigenvalue weighted by atomic mass is 19.1. The SMILES string of the molecule is COc1cc(C2/C(=C(\O)c3ccc(F)cc3)C(=O)C(=O)N2c2cc(C)on2)ccc1OCCC(C)C. The first kappa shape index (κ1) is 25.0. The lowest BCUT2D eigenvalue weighted by Gasteiger charge is -2.24. The summed E-state index contributed by atoms with van der Waals surface area (Å²) in [6, 6.07) is 10.5. The molecule has 3 aromatic rings. The summed E-state index contributed by atoms with van der Waals surface area (Å²) < 4.78 is 30.0. The van der Waals surface area contributed by atoms with E-state index in [1.54, 1.807) is 25.1 Å². The van der Waals surface area contributed by atoms with E-state index in [4.69, 9.17) is 14.0 Å². The molecule has 4 rings (SSSR count). The van der Waals surface area contributed by atoms with Crippen LogP contribution in [0.4, 0.5) is 10.2 Å². The highest BCUT2D eigenvalue weighted by Crippen LogP contribution is 2.44. The van der Waals surface area contributed by atoms with Gasteiger partial charge in [0.05, 0.1) is 25.3 Å². The van der Waals surface area contributed by atoms with Crippen LogP contribution >= 0.6 is 0 Å². The highest BCUT2D eigenvalue weighted by Gasteiger charge is 2.48. The fourth-order valence-electron chi connectivity index (χ4n) is 3.99. The van der Waals surface area contributed by atoms with Crippen LogP contribution in [0.5, 0.6) is 11.5 Å². The van der Waals surface area contributed by atoms with Gasteiger partial charge in [-0.05, 0) is 61.2 Å². The number of amides is 1. The van der Waals surface area contributed by atoms with Gasteiger partial charge in [-0.1, -0.05) is 25.1 Å². The molecule has 1 aliphatic rings. The molecule has 0 aliphatic carbocycles. The molecule has 188 valence electrons. The largest absolute Gasteiger partial charge is 0.507 e. The molecule has 1 amide bonds. The van der Waals surface area contributed by atoms with Crippen molar-refractivity contribution in [3.05, 3.63) is 76.8 Å². The third-order valence-corrected chi connectivity index (χ3v) is 5.88. The van der Waals surface area contributed by atoms with Crippen molar-refractivity contribution in [2.24, 2.45) is 5.92 Å². The molecule has 2 aromatic carbocycles. The number of hydrogen-bond acceptors (Lipinski definition) is 7. The average Bonchev–Trinajstić information content (AvgIpc) is 3.39. The van der Waals surface area contributed by atoms with Crippen molar-refractivity contribution in [1.29, 1.82) is 0 Å². The number of benzene rings is 2. The quantitative estimate of drug-likeness (QED) is 0.261. The minimum Gasteiger partial charge on any atom is -0.507 e. The van der Waals surface area contributed by atoms with Crippen molar-refractivity contribution in [3.63, 3.8) is 0 Å². The van der Waals surface area contributed by atoms with E-state index in [9.17, 15) is 19.1 Å². The summed E-state index contributed by atoms with van der Waals surface area (Å²) in [6.45, 7) is 6.35. The predicted octanol–water partition coefficient (Wildman–Crippen LogP) is 5.18. The number of aryl methyl sites for hydroxylation is 1. The van der Waals surface area contributed by atoms with E-state index in [0.29, 0.717) is 35.3 Å². The molecular formula is C27H27FN2O6. The van der Waals surface area contributed by atoms with Crippen molar-refractivity contribution in [3.8, 4) is 11.5 Å². The normalized spacial score (nSPS) is 17.2. The second-order valence-electron chi connectivity index (χ2n) is 8.91. The number of ketones is 1. The van der Waals surface area contributed by atoms with Gasteiger partial charge in [0, 0.05) is 11.6 Å². The lowest BCUT2D eigenvalue weighted by atomic mass is 9.95. The topological polar surface area (TPSA) is 102 Å². The molecule has 1 fully saturated rings. The molecule has 0 spiro atoms. The van der Waals surface area contributed by atoms with Gasteiger partial charge in [-0.2, -0.15) is 0 Å². The number of hydrogen-bond donors (Lipinski definition) is 1. The maximum absolute atomic E-state index is 13.5. The van der Waals surface area contributed by atoms with Crippen LogP contribution in [0, 0.1) is 18.7 Å². The van der Waals surface area contributed by atoms with Crippen LogP contribution < -0.4 is 14.4 Å². The summed E-state index contributed by atoms with van der Waals surface area (Å²) in [5.41, 5.74) is 0.505. The third-order valence-electron chi connectivity index (χ3n) is 5.88. The summed E-state index contributed by atoms with van der Waals surface area (Å²) in [5.74, 6) is -0.782. The van der Waals surface area contributed by atoms with Crippen LogP contribution in [0.2, 0.25) is 0 Å². The van der Waals surface area contributed by atoms with Crippen molar-refractivity contribution < 1.29 is 33.1 Å². The molecule has 9 heteroatoms. The Kier molecular flexibility index (Phi) is 7.10. The third kappa shape index (κ3) is 4.82. The first-order valence-electron chi connectivity index (χ1n) is 11.5. The number of methoxy groups -OCH3 is 1. The first-order valence-corrected chi connectivity index (χ1v) is 11.5. The van der Waals surface area contributed by atoms with E-state index >= 15 is 0 Å². The monoisotopic (exact) mass is 494 g/mol. The molecule has 1 aliphatic heterocycles. The lowest BCUT2D eigenvalue weighted by molar-refractivity contribution is -0.132. The minimum absolute atomic E-state index is 0.119. The number of halogens is 1. The molecule has 8 nitrogen and oxygen atoms in total. The van der Waals surface area contributed by atoms with Gasteiger partial charge in [0.1, 0.15) is 17.3 Å². The van der Waals surface area contributed by atoms with Crippen LogP contribution in [0.25, 0.3) is 5.76 Å². The van der Waals surface area contributed by atoms with E-state index in [1.807, 2.05) is 0 Å². The standard InChI is InChI=1S/C27H27FN2O6/c1-15(2)11-12-35-20-10-7-18(14-21(20)34-4)24-23(25(31)17-5-8-19(28)9-6-17)26(32)27(33)30(24)22-13-16(3)36-29-22/h5-10,13-15,24,31H,11-12H2,1-4H3/b25-23+. The molecule has 1 N–H and O–H groups in total. The fourth-order valence-corrected chi connectivity index (χ4v) is 3.99.